The van der Waals surface area contributed by atoms with Crippen molar-refractivity contribution in [3.63, 3.8) is 0 Å². The fraction of sp³-hybridized carbons (Fsp3) is 0.316. The van der Waals surface area contributed by atoms with E-state index in [-0.39, 0.29) is 5.84 Å². The van der Waals surface area contributed by atoms with Crippen LogP contribution in [0.15, 0.2) is 59.8 Å². The Hall–Kier alpha value is -2.37. The van der Waals surface area contributed by atoms with Crippen molar-refractivity contribution in [1.82, 2.24) is 10.2 Å². The fourth-order valence-corrected chi connectivity index (χ4v) is 2.53. The molecular formula is C19H26N4O. The van der Waals surface area contributed by atoms with Crippen LogP contribution in [0.1, 0.15) is 23.1 Å². The molecule has 0 aliphatic rings. The van der Waals surface area contributed by atoms with Crippen molar-refractivity contribution < 1.29 is 5.21 Å². The van der Waals surface area contributed by atoms with E-state index in [1.54, 1.807) is 0 Å². The van der Waals surface area contributed by atoms with Crippen molar-refractivity contribution in [1.29, 1.82) is 0 Å². The zero-order chi connectivity index (χ0) is 17.2. The van der Waals surface area contributed by atoms with E-state index in [2.05, 4.69) is 46.7 Å². The average Bonchev–Trinajstić information content (AvgIpc) is 2.62. The minimum absolute atomic E-state index is 0.135. The molecule has 0 saturated carbocycles. The molecule has 0 radical (unpaired) electrons. The van der Waals surface area contributed by atoms with Gasteiger partial charge in [0.05, 0.1) is 0 Å². The maximum atomic E-state index is 8.64. The van der Waals surface area contributed by atoms with Crippen LogP contribution < -0.4 is 11.1 Å². The second kappa shape index (κ2) is 9.70. The lowest BCUT2D eigenvalue weighted by molar-refractivity contribution is 0.318. The van der Waals surface area contributed by atoms with E-state index in [4.69, 9.17) is 10.9 Å². The van der Waals surface area contributed by atoms with Crippen LogP contribution >= 0.6 is 0 Å². The molecule has 0 unspecified atom stereocenters. The molecular weight excluding hydrogens is 300 g/mol. The number of nitrogens with one attached hydrogen (secondary N) is 1. The first-order valence-electron chi connectivity index (χ1n) is 8.19. The van der Waals surface area contributed by atoms with E-state index in [0.717, 1.165) is 38.2 Å². The third-order valence-corrected chi connectivity index (χ3v) is 3.88. The van der Waals surface area contributed by atoms with Crippen molar-refractivity contribution in [2.75, 3.05) is 20.1 Å². The van der Waals surface area contributed by atoms with Gasteiger partial charge in [-0.15, -0.1) is 0 Å². The topological polar surface area (TPSA) is 73.9 Å². The third-order valence-electron chi connectivity index (χ3n) is 3.88. The number of nitrogens with two attached hydrogens (primary N) is 1. The van der Waals surface area contributed by atoms with E-state index < -0.39 is 0 Å². The molecule has 5 nitrogen and oxygen atoms in total. The molecule has 5 heteroatoms. The Balaban J connectivity index is 1.62. The van der Waals surface area contributed by atoms with Gasteiger partial charge in [-0.1, -0.05) is 59.8 Å². The summed E-state index contributed by atoms with van der Waals surface area (Å²) in [5.74, 6) is 0.135. The lowest BCUT2D eigenvalue weighted by atomic mass is 10.1. The van der Waals surface area contributed by atoms with Crippen LogP contribution in [0.4, 0.5) is 0 Å². The third kappa shape index (κ3) is 6.02. The van der Waals surface area contributed by atoms with Crippen LogP contribution in [0.3, 0.4) is 0 Å². The standard InChI is InChI=1S/C19H26N4O/c1-23(15-17-6-3-2-4-7-17)13-5-12-21-14-16-8-10-18(11-9-16)19(20)22-24/h2-4,6-11,21,24H,5,12-15H2,1H3,(H2,20,22). The summed E-state index contributed by atoms with van der Waals surface area (Å²) in [6, 6.07) is 18.2. The lowest BCUT2D eigenvalue weighted by Gasteiger charge is -2.16. The Morgan fingerprint density at radius 2 is 1.79 bits per heavy atom. The van der Waals surface area contributed by atoms with Gasteiger partial charge in [-0.25, -0.2) is 0 Å². The summed E-state index contributed by atoms with van der Waals surface area (Å²) >= 11 is 0. The summed E-state index contributed by atoms with van der Waals surface area (Å²) in [5, 5.41) is 15.1. The monoisotopic (exact) mass is 326 g/mol. The predicted molar refractivity (Wildman–Crippen MR) is 98.1 cm³/mol. The highest BCUT2D eigenvalue weighted by Crippen LogP contribution is 2.05. The van der Waals surface area contributed by atoms with Gasteiger partial charge in [0.15, 0.2) is 5.84 Å². The molecule has 0 aromatic heterocycles. The molecule has 128 valence electrons. The molecule has 24 heavy (non-hydrogen) atoms. The largest absolute Gasteiger partial charge is 0.409 e. The second-order valence-corrected chi connectivity index (χ2v) is 5.94. The number of hydrogen-bond donors (Lipinski definition) is 3. The molecule has 0 amide bonds. The normalized spacial score (nSPS) is 11.8. The molecule has 2 aromatic carbocycles. The molecule has 0 bridgehead atoms. The van der Waals surface area contributed by atoms with Crippen LogP contribution in [-0.2, 0) is 13.1 Å². The molecule has 2 aromatic rings. The zero-order valence-corrected chi connectivity index (χ0v) is 14.2. The number of benzene rings is 2. The van der Waals surface area contributed by atoms with Crippen LogP contribution in [0.5, 0.6) is 0 Å². The minimum Gasteiger partial charge on any atom is -0.409 e. The molecule has 2 rings (SSSR count). The SMILES string of the molecule is CN(CCCNCc1ccc(/C(N)=N/O)cc1)Cc1ccccc1. The van der Waals surface area contributed by atoms with Crippen molar-refractivity contribution in [3.8, 4) is 0 Å². The predicted octanol–water partition coefficient (Wildman–Crippen LogP) is 2.39. The number of oxime groups is 1. The van der Waals surface area contributed by atoms with E-state index in [9.17, 15) is 0 Å². The van der Waals surface area contributed by atoms with E-state index in [1.165, 1.54) is 11.1 Å². The van der Waals surface area contributed by atoms with Gasteiger partial charge in [0.1, 0.15) is 0 Å². The summed E-state index contributed by atoms with van der Waals surface area (Å²) in [4.78, 5) is 2.34. The molecule has 0 aliphatic carbocycles. The number of hydrogen-bond acceptors (Lipinski definition) is 4. The summed E-state index contributed by atoms with van der Waals surface area (Å²) in [6.07, 6.45) is 1.10. The summed E-state index contributed by atoms with van der Waals surface area (Å²) in [6.45, 7) is 3.83. The van der Waals surface area contributed by atoms with E-state index in [0.29, 0.717) is 0 Å². The molecule has 4 N–H and O–H groups in total. The van der Waals surface area contributed by atoms with Gasteiger partial charge in [-0.05, 0) is 37.7 Å². The summed E-state index contributed by atoms with van der Waals surface area (Å²) in [7, 11) is 2.15. The quantitative estimate of drug-likeness (QED) is 0.217. The number of amidine groups is 1. The minimum atomic E-state index is 0.135. The zero-order valence-electron chi connectivity index (χ0n) is 14.2. The molecule has 0 spiro atoms. The van der Waals surface area contributed by atoms with Gasteiger partial charge in [0.2, 0.25) is 0 Å². The maximum absolute atomic E-state index is 8.64. The molecule has 0 fully saturated rings. The van der Waals surface area contributed by atoms with Crippen LogP contribution in [-0.4, -0.2) is 36.1 Å². The molecule has 0 atom stereocenters. The van der Waals surface area contributed by atoms with Gasteiger partial charge >= 0.3 is 0 Å². The van der Waals surface area contributed by atoms with Crippen molar-refractivity contribution in [2.45, 2.75) is 19.5 Å². The number of nitrogens with zero attached hydrogens (tertiary/aromatic N) is 2. The Morgan fingerprint density at radius 1 is 1.08 bits per heavy atom. The van der Waals surface area contributed by atoms with Gasteiger partial charge in [-0.3, -0.25) is 0 Å². The lowest BCUT2D eigenvalue weighted by Crippen LogP contribution is -2.23. The van der Waals surface area contributed by atoms with Crippen LogP contribution in [0, 0.1) is 0 Å². The van der Waals surface area contributed by atoms with Gasteiger partial charge in [0, 0.05) is 18.7 Å². The first-order valence-corrected chi connectivity index (χ1v) is 8.19. The summed E-state index contributed by atoms with van der Waals surface area (Å²) in [5.41, 5.74) is 8.80. The van der Waals surface area contributed by atoms with Crippen LogP contribution in [0.25, 0.3) is 0 Å². The molecule has 0 saturated heterocycles. The Bertz CT molecular complexity index is 626. The molecule has 0 heterocycles. The number of rotatable bonds is 9. The molecule has 0 aliphatic heterocycles. The van der Waals surface area contributed by atoms with Crippen molar-refractivity contribution in [2.24, 2.45) is 10.9 Å². The van der Waals surface area contributed by atoms with E-state index >= 15 is 0 Å². The smallest absolute Gasteiger partial charge is 0.170 e. The van der Waals surface area contributed by atoms with E-state index in [1.807, 2.05) is 30.3 Å². The Kier molecular flexibility index (Phi) is 7.26. The first-order chi connectivity index (χ1) is 11.7. The Morgan fingerprint density at radius 3 is 2.46 bits per heavy atom. The van der Waals surface area contributed by atoms with Gasteiger partial charge in [-0.2, -0.15) is 0 Å². The highest BCUT2D eigenvalue weighted by atomic mass is 16.4. The van der Waals surface area contributed by atoms with Crippen molar-refractivity contribution >= 4 is 5.84 Å². The summed E-state index contributed by atoms with van der Waals surface area (Å²) < 4.78 is 0. The first kappa shape index (κ1) is 18.0. The fourth-order valence-electron chi connectivity index (χ4n) is 2.53. The van der Waals surface area contributed by atoms with Crippen molar-refractivity contribution in [3.05, 3.63) is 71.3 Å². The second-order valence-electron chi connectivity index (χ2n) is 5.94. The van der Waals surface area contributed by atoms with Gasteiger partial charge < -0.3 is 21.2 Å². The van der Waals surface area contributed by atoms with Gasteiger partial charge in [0.25, 0.3) is 0 Å². The maximum Gasteiger partial charge on any atom is 0.170 e. The highest BCUT2D eigenvalue weighted by Gasteiger charge is 2.01. The van der Waals surface area contributed by atoms with Crippen LogP contribution in [0.2, 0.25) is 0 Å². The average molecular weight is 326 g/mol. The highest BCUT2D eigenvalue weighted by molar-refractivity contribution is 5.96. The Labute approximate surface area is 143 Å².